The Bertz CT molecular complexity index is 490. The molecule has 0 atom stereocenters. The Balaban J connectivity index is 0.00000338. The van der Waals surface area contributed by atoms with Crippen LogP contribution >= 0.6 is 24.0 Å². The molecule has 1 aliphatic rings. The Labute approximate surface area is 176 Å². The van der Waals surface area contributed by atoms with E-state index in [-0.39, 0.29) is 24.0 Å². The molecule has 0 amide bonds. The van der Waals surface area contributed by atoms with Crippen molar-refractivity contribution < 1.29 is 4.74 Å². The molecule has 1 heterocycles. The number of benzene rings is 1. The third kappa shape index (κ3) is 9.19. The SMILES string of the molecule is CCCCOCCNC(=NC)NC1CCN(Cc2ccccc2)CC1.I. The maximum absolute atomic E-state index is 5.58. The van der Waals surface area contributed by atoms with E-state index in [2.05, 4.69) is 57.8 Å². The van der Waals surface area contributed by atoms with Crippen LogP contribution in [0.5, 0.6) is 0 Å². The van der Waals surface area contributed by atoms with E-state index in [4.69, 9.17) is 4.74 Å². The number of ether oxygens (including phenoxy) is 1. The summed E-state index contributed by atoms with van der Waals surface area (Å²) in [5.74, 6) is 0.889. The summed E-state index contributed by atoms with van der Waals surface area (Å²) < 4.78 is 5.58. The molecule has 2 N–H and O–H groups in total. The number of rotatable bonds is 9. The minimum atomic E-state index is 0. The van der Waals surface area contributed by atoms with Gasteiger partial charge in [0.2, 0.25) is 0 Å². The highest BCUT2D eigenvalue weighted by atomic mass is 127. The molecule has 0 saturated carbocycles. The molecule has 5 nitrogen and oxygen atoms in total. The van der Waals surface area contributed by atoms with Crippen molar-refractivity contribution in [2.45, 2.75) is 45.2 Å². The molecule has 0 aliphatic carbocycles. The highest BCUT2D eigenvalue weighted by Gasteiger charge is 2.19. The van der Waals surface area contributed by atoms with E-state index < -0.39 is 0 Å². The fourth-order valence-corrected chi connectivity index (χ4v) is 3.06. The fourth-order valence-electron chi connectivity index (χ4n) is 3.06. The smallest absolute Gasteiger partial charge is 0.191 e. The number of nitrogens with zero attached hydrogens (tertiary/aromatic N) is 2. The van der Waals surface area contributed by atoms with Crippen molar-refractivity contribution in [3.05, 3.63) is 35.9 Å². The molecule has 148 valence electrons. The van der Waals surface area contributed by atoms with Crippen LogP contribution in [0.25, 0.3) is 0 Å². The van der Waals surface area contributed by atoms with E-state index in [1.165, 1.54) is 12.0 Å². The van der Waals surface area contributed by atoms with E-state index in [0.29, 0.717) is 6.04 Å². The van der Waals surface area contributed by atoms with Gasteiger partial charge in [0.1, 0.15) is 0 Å². The van der Waals surface area contributed by atoms with Crippen LogP contribution in [-0.4, -0.2) is 56.8 Å². The van der Waals surface area contributed by atoms with Crippen LogP contribution in [0.15, 0.2) is 35.3 Å². The van der Waals surface area contributed by atoms with Crippen LogP contribution in [0.1, 0.15) is 38.2 Å². The molecular formula is C20H35IN4O. The first-order valence-corrected chi connectivity index (χ1v) is 9.63. The van der Waals surface area contributed by atoms with Gasteiger partial charge in [0, 0.05) is 45.9 Å². The lowest BCUT2D eigenvalue weighted by atomic mass is 10.0. The van der Waals surface area contributed by atoms with Crippen LogP contribution in [0.3, 0.4) is 0 Å². The van der Waals surface area contributed by atoms with Crippen molar-refractivity contribution in [1.82, 2.24) is 15.5 Å². The zero-order chi connectivity index (χ0) is 17.7. The van der Waals surface area contributed by atoms with E-state index in [1.54, 1.807) is 0 Å². The first kappa shape index (κ1) is 23.2. The molecular weight excluding hydrogens is 439 g/mol. The Hall–Kier alpha value is -0.860. The van der Waals surface area contributed by atoms with E-state index in [9.17, 15) is 0 Å². The van der Waals surface area contributed by atoms with Gasteiger partial charge in [-0.3, -0.25) is 9.89 Å². The molecule has 6 heteroatoms. The molecule has 1 fully saturated rings. The van der Waals surface area contributed by atoms with Crippen LogP contribution in [0.4, 0.5) is 0 Å². The summed E-state index contributed by atoms with van der Waals surface area (Å²) in [5.41, 5.74) is 1.40. The van der Waals surface area contributed by atoms with Crippen LogP contribution in [0, 0.1) is 0 Å². The van der Waals surface area contributed by atoms with Gasteiger partial charge in [0.05, 0.1) is 6.61 Å². The maximum Gasteiger partial charge on any atom is 0.191 e. The predicted molar refractivity (Wildman–Crippen MR) is 120 cm³/mol. The van der Waals surface area contributed by atoms with E-state index >= 15 is 0 Å². The van der Waals surface area contributed by atoms with Crippen LogP contribution < -0.4 is 10.6 Å². The van der Waals surface area contributed by atoms with Crippen molar-refractivity contribution in [3.63, 3.8) is 0 Å². The second-order valence-corrected chi connectivity index (χ2v) is 6.65. The fraction of sp³-hybridized carbons (Fsp3) is 0.650. The third-order valence-corrected chi connectivity index (χ3v) is 4.58. The molecule has 2 rings (SSSR count). The van der Waals surface area contributed by atoms with Gasteiger partial charge >= 0.3 is 0 Å². The van der Waals surface area contributed by atoms with Gasteiger partial charge in [-0.25, -0.2) is 0 Å². The lowest BCUT2D eigenvalue weighted by molar-refractivity contribution is 0.135. The minimum absolute atomic E-state index is 0. The normalized spacial score (nSPS) is 16.2. The quantitative estimate of drug-likeness (QED) is 0.250. The second kappa shape index (κ2) is 14.2. The third-order valence-electron chi connectivity index (χ3n) is 4.58. The number of nitrogens with one attached hydrogen (secondary N) is 2. The van der Waals surface area contributed by atoms with Gasteiger partial charge in [-0.1, -0.05) is 43.7 Å². The Kier molecular flexibility index (Phi) is 12.7. The molecule has 0 bridgehead atoms. The topological polar surface area (TPSA) is 48.9 Å². The Morgan fingerprint density at radius 1 is 1.19 bits per heavy atom. The summed E-state index contributed by atoms with van der Waals surface area (Å²) in [7, 11) is 1.83. The zero-order valence-corrected chi connectivity index (χ0v) is 18.6. The molecule has 1 aromatic rings. The van der Waals surface area contributed by atoms with Crippen LogP contribution in [-0.2, 0) is 11.3 Å². The number of aliphatic imine (C=N–C) groups is 1. The van der Waals surface area contributed by atoms with Crippen molar-refractivity contribution in [1.29, 1.82) is 0 Å². The molecule has 0 spiro atoms. The van der Waals surface area contributed by atoms with Gasteiger partial charge in [-0.05, 0) is 24.8 Å². The summed E-state index contributed by atoms with van der Waals surface area (Å²) >= 11 is 0. The van der Waals surface area contributed by atoms with Gasteiger partial charge in [-0.2, -0.15) is 0 Å². The molecule has 1 aliphatic heterocycles. The van der Waals surface area contributed by atoms with Gasteiger partial charge in [-0.15, -0.1) is 24.0 Å². The summed E-state index contributed by atoms with van der Waals surface area (Å²) in [5, 5.41) is 6.89. The lowest BCUT2D eigenvalue weighted by Gasteiger charge is -2.33. The largest absolute Gasteiger partial charge is 0.380 e. The minimum Gasteiger partial charge on any atom is -0.380 e. The zero-order valence-electron chi connectivity index (χ0n) is 16.2. The van der Waals surface area contributed by atoms with Crippen LogP contribution in [0.2, 0.25) is 0 Å². The molecule has 26 heavy (non-hydrogen) atoms. The van der Waals surface area contributed by atoms with Gasteiger partial charge in [0.25, 0.3) is 0 Å². The predicted octanol–water partition coefficient (Wildman–Crippen LogP) is 3.25. The monoisotopic (exact) mass is 474 g/mol. The van der Waals surface area contributed by atoms with Crippen molar-refractivity contribution in [2.24, 2.45) is 4.99 Å². The number of piperidine rings is 1. The first-order chi connectivity index (χ1) is 12.3. The molecule has 0 radical (unpaired) electrons. The van der Waals surface area contributed by atoms with E-state index in [1.807, 2.05) is 7.05 Å². The average molecular weight is 474 g/mol. The van der Waals surface area contributed by atoms with Crippen molar-refractivity contribution >= 4 is 29.9 Å². The molecule has 0 unspecified atom stereocenters. The summed E-state index contributed by atoms with van der Waals surface area (Å²) in [6.07, 6.45) is 4.62. The molecule has 1 aromatic carbocycles. The number of likely N-dealkylation sites (tertiary alicyclic amines) is 1. The first-order valence-electron chi connectivity index (χ1n) is 9.63. The summed E-state index contributed by atoms with van der Waals surface area (Å²) in [6, 6.07) is 11.2. The second-order valence-electron chi connectivity index (χ2n) is 6.65. The van der Waals surface area contributed by atoms with Gasteiger partial charge < -0.3 is 15.4 Å². The highest BCUT2D eigenvalue weighted by molar-refractivity contribution is 14.0. The summed E-state index contributed by atoms with van der Waals surface area (Å²) in [6.45, 7) is 7.87. The Morgan fingerprint density at radius 3 is 2.58 bits per heavy atom. The number of halogens is 1. The Morgan fingerprint density at radius 2 is 1.92 bits per heavy atom. The molecule has 1 saturated heterocycles. The van der Waals surface area contributed by atoms with Crippen molar-refractivity contribution in [3.8, 4) is 0 Å². The standard InChI is InChI=1S/C20H34N4O.HI/c1-3-4-15-25-16-12-22-20(21-2)23-19-10-13-24(14-11-19)17-18-8-6-5-7-9-18;/h5-9,19H,3-4,10-17H2,1-2H3,(H2,21,22,23);1H. The number of unbranched alkanes of at least 4 members (excludes halogenated alkanes) is 1. The number of hydrogen-bond acceptors (Lipinski definition) is 3. The molecule has 0 aromatic heterocycles. The average Bonchev–Trinajstić information content (AvgIpc) is 2.66. The lowest BCUT2D eigenvalue weighted by Crippen LogP contribution is -2.49. The highest BCUT2D eigenvalue weighted by Crippen LogP contribution is 2.13. The number of hydrogen-bond donors (Lipinski definition) is 2. The van der Waals surface area contributed by atoms with E-state index in [0.717, 1.165) is 64.6 Å². The van der Waals surface area contributed by atoms with Crippen molar-refractivity contribution in [2.75, 3.05) is 39.9 Å². The van der Waals surface area contributed by atoms with Gasteiger partial charge in [0.15, 0.2) is 5.96 Å². The number of guanidine groups is 1. The maximum atomic E-state index is 5.58. The summed E-state index contributed by atoms with van der Waals surface area (Å²) in [4.78, 5) is 6.86.